The minimum absolute atomic E-state index is 0.180. The van der Waals surface area contributed by atoms with E-state index in [0.717, 1.165) is 0 Å². The smallest absolute Gasteiger partial charge is 0.253 e. The van der Waals surface area contributed by atoms with Gasteiger partial charge in [0, 0.05) is 0 Å². The van der Waals surface area contributed by atoms with E-state index in [1.165, 1.54) is 0 Å². The van der Waals surface area contributed by atoms with Crippen LogP contribution in [-0.4, -0.2) is 17.4 Å². The van der Waals surface area contributed by atoms with Crippen LogP contribution in [0, 0.1) is 0 Å². The van der Waals surface area contributed by atoms with E-state index in [0.29, 0.717) is 10.6 Å². The number of hydrogen-bond donors (Lipinski definition) is 2. The molecule has 74 valence electrons. The molecule has 0 radical (unpaired) electrons. The van der Waals surface area contributed by atoms with E-state index in [9.17, 15) is 4.79 Å². The van der Waals surface area contributed by atoms with Gasteiger partial charge in [-0.25, -0.2) is 0 Å². The van der Waals surface area contributed by atoms with Gasteiger partial charge in [-0.15, -0.1) is 0 Å². The zero-order valence-corrected chi connectivity index (χ0v) is 8.86. The van der Waals surface area contributed by atoms with Crippen molar-refractivity contribution in [2.24, 2.45) is 5.73 Å². The van der Waals surface area contributed by atoms with E-state index in [4.69, 9.17) is 17.3 Å². The molecule has 0 aromatic heterocycles. The van der Waals surface area contributed by atoms with Gasteiger partial charge in [0.05, 0.1) is 22.1 Å². The van der Waals surface area contributed by atoms with Crippen molar-refractivity contribution in [1.29, 1.82) is 0 Å². The molecule has 1 aromatic rings. The lowest BCUT2D eigenvalue weighted by Gasteiger charge is -2.04. The SMILES string of the molecule is NC(=S)CNC(=O)c1ccccc1Cl. The molecule has 0 aliphatic rings. The van der Waals surface area contributed by atoms with Gasteiger partial charge in [-0.1, -0.05) is 36.0 Å². The van der Waals surface area contributed by atoms with Crippen molar-refractivity contribution >= 4 is 34.7 Å². The van der Waals surface area contributed by atoms with Crippen molar-refractivity contribution in [3.8, 4) is 0 Å². The Labute approximate surface area is 92.2 Å². The van der Waals surface area contributed by atoms with Crippen molar-refractivity contribution in [1.82, 2.24) is 5.32 Å². The largest absolute Gasteiger partial charge is 0.392 e. The summed E-state index contributed by atoms with van der Waals surface area (Å²) in [6.45, 7) is 0.180. The van der Waals surface area contributed by atoms with E-state index in [1.54, 1.807) is 24.3 Å². The van der Waals surface area contributed by atoms with Crippen LogP contribution in [0.5, 0.6) is 0 Å². The first kappa shape index (κ1) is 10.9. The number of nitrogens with two attached hydrogens (primary N) is 1. The minimum Gasteiger partial charge on any atom is -0.392 e. The highest BCUT2D eigenvalue weighted by Gasteiger charge is 2.08. The first-order chi connectivity index (χ1) is 6.61. The monoisotopic (exact) mass is 228 g/mol. The Kier molecular flexibility index (Phi) is 3.85. The van der Waals surface area contributed by atoms with Crippen LogP contribution in [0.25, 0.3) is 0 Å². The quantitative estimate of drug-likeness (QED) is 0.768. The first-order valence-corrected chi connectivity index (χ1v) is 4.71. The van der Waals surface area contributed by atoms with Crippen LogP contribution in [-0.2, 0) is 0 Å². The van der Waals surface area contributed by atoms with Crippen molar-refractivity contribution < 1.29 is 4.79 Å². The van der Waals surface area contributed by atoms with Crippen LogP contribution in [0.3, 0.4) is 0 Å². The van der Waals surface area contributed by atoms with E-state index < -0.39 is 0 Å². The summed E-state index contributed by atoms with van der Waals surface area (Å²) in [5.74, 6) is -0.275. The molecule has 14 heavy (non-hydrogen) atoms. The second-order valence-electron chi connectivity index (χ2n) is 2.63. The molecular formula is C9H9ClN2OS. The standard InChI is InChI=1S/C9H9ClN2OS/c10-7-4-2-1-3-6(7)9(13)12-5-8(11)14/h1-4H,5H2,(H2,11,14)(H,12,13). The highest BCUT2D eigenvalue weighted by Crippen LogP contribution is 2.14. The molecule has 0 fully saturated rings. The number of rotatable bonds is 3. The summed E-state index contributed by atoms with van der Waals surface area (Å²) in [5, 5.41) is 2.96. The van der Waals surface area contributed by atoms with Crippen LogP contribution < -0.4 is 11.1 Å². The number of thiocarbonyl (C=S) groups is 1. The van der Waals surface area contributed by atoms with Crippen LogP contribution in [0.2, 0.25) is 5.02 Å². The fourth-order valence-corrected chi connectivity index (χ4v) is 1.20. The van der Waals surface area contributed by atoms with Gasteiger partial charge >= 0.3 is 0 Å². The Balaban J connectivity index is 2.70. The number of amides is 1. The molecule has 0 aliphatic heterocycles. The molecule has 1 rings (SSSR count). The fraction of sp³-hybridized carbons (Fsp3) is 0.111. The Morgan fingerprint density at radius 2 is 2.14 bits per heavy atom. The molecule has 3 N–H and O–H groups in total. The first-order valence-electron chi connectivity index (χ1n) is 3.92. The average Bonchev–Trinajstić information content (AvgIpc) is 2.15. The highest BCUT2D eigenvalue weighted by molar-refractivity contribution is 7.80. The molecule has 1 aromatic carbocycles. The van der Waals surface area contributed by atoms with Crippen molar-refractivity contribution in [2.45, 2.75) is 0 Å². The Hall–Kier alpha value is -1.13. The summed E-state index contributed by atoms with van der Waals surface area (Å²) in [6.07, 6.45) is 0. The van der Waals surface area contributed by atoms with E-state index in [-0.39, 0.29) is 17.4 Å². The lowest BCUT2D eigenvalue weighted by Crippen LogP contribution is -2.32. The molecule has 1 amide bonds. The maximum absolute atomic E-state index is 11.5. The molecule has 0 atom stereocenters. The molecular weight excluding hydrogens is 220 g/mol. The Morgan fingerprint density at radius 3 is 2.71 bits per heavy atom. The molecule has 0 saturated carbocycles. The van der Waals surface area contributed by atoms with Gasteiger partial charge < -0.3 is 11.1 Å². The third-order valence-corrected chi connectivity index (χ3v) is 2.02. The number of carbonyl (C=O) groups is 1. The number of halogens is 1. The summed E-state index contributed by atoms with van der Waals surface area (Å²) in [7, 11) is 0. The summed E-state index contributed by atoms with van der Waals surface area (Å²) >= 11 is 10.4. The van der Waals surface area contributed by atoms with Crippen molar-refractivity contribution in [2.75, 3.05) is 6.54 Å². The maximum Gasteiger partial charge on any atom is 0.253 e. The van der Waals surface area contributed by atoms with Gasteiger partial charge in [0.1, 0.15) is 0 Å². The molecule has 0 unspecified atom stereocenters. The normalized spacial score (nSPS) is 9.50. The third kappa shape index (κ3) is 2.97. The maximum atomic E-state index is 11.5. The summed E-state index contributed by atoms with van der Waals surface area (Å²) < 4.78 is 0. The van der Waals surface area contributed by atoms with Crippen LogP contribution >= 0.6 is 23.8 Å². The molecule has 0 bridgehead atoms. The van der Waals surface area contributed by atoms with Crippen molar-refractivity contribution in [3.63, 3.8) is 0 Å². The topological polar surface area (TPSA) is 55.1 Å². The molecule has 0 saturated heterocycles. The highest BCUT2D eigenvalue weighted by atomic mass is 35.5. The lowest BCUT2D eigenvalue weighted by atomic mass is 10.2. The predicted molar refractivity (Wildman–Crippen MR) is 60.6 cm³/mol. The van der Waals surface area contributed by atoms with Gasteiger partial charge in [0.15, 0.2) is 0 Å². The molecule has 0 aliphatic carbocycles. The van der Waals surface area contributed by atoms with Crippen LogP contribution in [0.1, 0.15) is 10.4 Å². The zero-order valence-electron chi connectivity index (χ0n) is 7.29. The van der Waals surface area contributed by atoms with E-state index in [1.807, 2.05) is 0 Å². The molecule has 0 heterocycles. The Bertz CT molecular complexity index is 368. The second-order valence-corrected chi connectivity index (χ2v) is 3.56. The average molecular weight is 229 g/mol. The van der Waals surface area contributed by atoms with Gasteiger partial charge in [0.2, 0.25) is 0 Å². The van der Waals surface area contributed by atoms with Crippen LogP contribution in [0.4, 0.5) is 0 Å². The number of nitrogens with one attached hydrogen (secondary N) is 1. The van der Waals surface area contributed by atoms with Gasteiger partial charge in [0.25, 0.3) is 5.91 Å². The minimum atomic E-state index is -0.275. The number of carbonyl (C=O) groups excluding carboxylic acids is 1. The zero-order chi connectivity index (χ0) is 10.6. The van der Waals surface area contributed by atoms with Crippen LogP contribution in [0.15, 0.2) is 24.3 Å². The fourth-order valence-electron chi connectivity index (χ4n) is 0.908. The van der Waals surface area contributed by atoms with Crippen molar-refractivity contribution in [3.05, 3.63) is 34.9 Å². The van der Waals surface area contributed by atoms with Gasteiger partial charge in [-0.2, -0.15) is 0 Å². The van der Waals surface area contributed by atoms with Gasteiger partial charge in [-0.05, 0) is 12.1 Å². The lowest BCUT2D eigenvalue weighted by molar-refractivity contribution is 0.0959. The third-order valence-electron chi connectivity index (χ3n) is 1.54. The number of hydrogen-bond acceptors (Lipinski definition) is 2. The second kappa shape index (κ2) is 4.93. The summed E-state index contributed by atoms with van der Waals surface area (Å²) in [4.78, 5) is 11.7. The van der Waals surface area contributed by atoms with Gasteiger partial charge in [-0.3, -0.25) is 4.79 Å². The molecule has 0 spiro atoms. The Morgan fingerprint density at radius 1 is 1.50 bits per heavy atom. The van der Waals surface area contributed by atoms with E-state index in [2.05, 4.69) is 17.5 Å². The number of benzene rings is 1. The molecule has 5 heteroatoms. The summed E-state index contributed by atoms with van der Waals surface area (Å²) in [6, 6.07) is 6.78. The summed E-state index contributed by atoms with van der Waals surface area (Å²) in [5.41, 5.74) is 5.66. The predicted octanol–water partition coefficient (Wildman–Crippen LogP) is 1.36. The van der Waals surface area contributed by atoms with E-state index >= 15 is 0 Å². The molecule has 3 nitrogen and oxygen atoms in total.